The Balaban J connectivity index is 1.51. The van der Waals surface area contributed by atoms with Gasteiger partial charge in [-0.05, 0) is 41.5 Å². The predicted octanol–water partition coefficient (Wildman–Crippen LogP) is 4.63. The molecule has 1 aromatic heterocycles. The van der Waals surface area contributed by atoms with E-state index < -0.39 is 0 Å². The minimum atomic E-state index is -0.240. The predicted molar refractivity (Wildman–Crippen MR) is 119 cm³/mol. The average Bonchev–Trinajstić information content (AvgIpc) is 3.13. The Labute approximate surface area is 181 Å². The molecule has 0 fully saturated rings. The van der Waals surface area contributed by atoms with Gasteiger partial charge in [0.25, 0.3) is 0 Å². The molecule has 0 aliphatic carbocycles. The smallest absolute Gasteiger partial charge is 0.125 e. The van der Waals surface area contributed by atoms with Crippen molar-refractivity contribution in [1.82, 2.24) is 9.88 Å². The van der Waals surface area contributed by atoms with Crippen molar-refractivity contribution < 1.29 is 13.9 Å². The molecule has 0 radical (unpaired) electrons. The minimum absolute atomic E-state index is 0.240. The molecule has 6 heteroatoms. The lowest BCUT2D eigenvalue weighted by atomic mass is 10.1. The number of nitrogens with zero attached hydrogens (tertiary/aromatic N) is 1. The quantitative estimate of drug-likeness (QED) is 0.337. The monoisotopic (exact) mass is 428 g/mol. The van der Waals surface area contributed by atoms with Crippen LogP contribution in [0.4, 0.5) is 4.39 Å². The van der Waals surface area contributed by atoms with Gasteiger partial charge in [0.2, 0.25) is 0 Å². The highest BCUT2D eigenvalue weighted by atomic mass is 35.5. The number of halogens is 2. The molecule has 0 aliphatic heterocycles. The van der Waals surface area contributed by atoms with Gasteiger partial charge in [0.1, 0.15) is 5.82 Å². The Morgan fingerprint density at radius 2 is 1.80 bits per heavy atom. The molecule has 0 saturated carbocycles. The van der Waals surface area contributed by atoms with E-state index in [1.54, 1.807) is 12.1 Å². The number of ether oxygens (including phenoxy) is 2. The van der Waals surface area contributed by atoms with Gasteiger partial charge in [-0.25, -0.2) is 4.39 Å². The fourth-order valence-corrected chi connectivity index (χ4v) is 3.35. The normalized spacial score (nSPS) is 11.1. The number of aromatic nitrogens is 1. The first-order chi connectivity index (χ1) is 14.7. The van der Waals surface area contributed by atoms with Gasteiger partial charge in [-0.3, -0.25) is 0 Å². The molecule has 1 heterocycles. The molecule has 30 heavy (non-hydrogen) atoms. The molecular weight excluding hydrogens is 403 g/mol. The lowest BCUT2D eigenvalue weighted by Crippen LogP contribution is -2.20. The van der Waals surface area contributed by atoms with Gasteiger partial charge in [-0.2, -0.15) is 0 Å². The average molecular weight is 429 g/mol. The van der Waals surface area contributed by atoms with Crippen molar-refractivity contribution in [3.63, 3.8) is 0 Å². The Hall–Kier alpha value is -2.36. The Kier molecular flexibility index (Phi) is 8.73. The fraction of sp³-hybridized carbons (Fsp3) is 0.333. The van der Waals surface area contributed by atoms with Crippen LogP contribution in [0.15, 0.2) is 48.7 Å². The van der Waals surface area contributed by atoms with Crippen LogP contribution in [0.5, 0.6) is 0 Å². The summed E-state index contributed by atoms with van der Waals surface area (Å²) in [5.41, 5.74) is 2.92. The highest BCUT2D eigenvalue weighted by Gasteiger charge is 2.09. The van der Waals surface area contributed by atoms with Crippen LogP contribution in [0.3, 0.4) is 0 Å². The van der Waals surface area contributed by atoms with Crippen molar-refractivity contribution >= 4 is 22.5 Å². The summed E-state index contributed by atoms with van der Waals surface area (Å²) in [5, 5.41) is 5.06. The third kappa shape index (κ3) is 6.58. The summed E-state index contributed by atoms with van der Waals surface area (Å²) in [6.45, 7) is 4.10. The molecule has 0 unspecified atom stereocenters. The number of hydrogen-bond acceptors (Lipinski definition) is 3. The summed E-state index contributed by atoms with van der Waals surface area (Å²) >= 11 is 5.96. The van der Waals surface area contributed by atoms with Crippen LogP contribution in [-0.4, -0.2) is 37.5 Å². The van der Waals surface area contributed by atoms with Crippen LogP contribution in [-0.2, 0) is 22.6 Å². The maximum Gasteiger partial charge on any atom is 0.125 e. The number of benzene rings is 2. The van der Waals surface area contributed by atoms with Crippen LogP contribution in [0.2, 0.25) is 5.02 Å². The molecule has 0 aliphatic rings. The van der Waals surface area contributed by atoms with E-state index in [-0.39, 0.29) is 5.82 Å². The lowest BCUT2D eigenvalue weighted by molar-refractivity contribution is 0.0510. The molecule has 0 amide bonds. The van der Waals surface area contributed by atoms with Crippen molar-refractivity contribution in [2.24, 2.45) is 0 Å². The summed E-state index contributed by atoms with van der Waals surface area (Å²) in [6.07, 6.45) is 7.77. The highest BCUT2D eigenvalue weighted by molar-refractivity contribution is 6.30. The number of nitrogens with one attached hydrogen (secondary N) is 1. The van der Waals surface area contributed by atoms with E-state index in [9.17, 15) is 4.39 Å². The first-order valence-electron chi connectivity index (χ1n) is 9.99. The first-order valence-corrected chi connectivity index (χ1v) is 10.4. The second-order valence-corrected chi connectivity index (χ2v) is 7.36. The largest absolute Gasteiger partial charge is 0.378 e. The fourth-order valence-electron chi connectivity index (χ4n) is 3.22. The first kappa shape index (κ1) is 22.3. The maximum absolute atomic E-state index is 14.2. The summed E-state index contributed by atoms with van der Waals surface area (Å²) in [4.78, 5) is 0. The third-order valence-corrected chi connectivity index (χ3v) is 4.96. The van der Waals surface area contributed by atoms with E-state index in [4.69, 9.17) is 27.5 Å². The third-order valence-electron chi connectivity index (χ3n) is 4.71. The molecule has 4 nitrogen and oxygen atoms in total. The molecule has 3 aromatic rings. The summed E-state index contributed by atoms with van der Waals surface area (Å²) in [5.74, 6) is 2.29. The Morgan fingerprint density at radius 1 is 1.03 bits per heavy atom. The van der Waals surface area contributed by atoms with Crippen molar-refractivity contribution in [3.05, 3.63) is 70.6 Å². The van der Waals surface area contributed by atoms with Crippen molar-refractivity contribution in [1.29, 1.82) is 0 Å². The lowest BCUT2D eigenvalue weighted by Gasteiger charge is -2.10. The second-order valence-electron chi connectivity index (χ2n) is 6.92. The van der Waals surface area contributed by atoms with Crippen molar-refractivity contribution in [2.45, 2.75) is 19.5 Å². The molecular formula is C24H26ClFN2O2. The number of fused-ring (bicyclic) bond motifs is 1. The van der Waals surface area contributed by atoms with Gasteiger partial charge in [-0.15, -0.1) is 12.3 Å². The topological polar surface area (TPSA) is 35.4 Å². The summed E-state index contributed by atoms with van der Waals surface area (Å²) in [6, 6.07) is 12.9. The molecule has 3 rings (SSSR count). The summed E-state index contributed by atoms with van der Waals surface area (Å²) in [7, 11) is 0. The second kappa shape index (κ2) is 11.7. The SMILES string of the molecule is C#CCCOCCOCCNCc1cc(F)cc2c1ccn2Cc1ccc(Cl)cc1. The van der Waals surface area contributed by atoms with Gasteiger partial charge in [0.05, 0.1) is 31.9 Å². The Bertz CT molecular complexity index is 979. The van der Waals surface area contributed by atoms with E-state index in [1.165, 1.54) is 0 Å². The number of terminal acetylenes is 1. The van der Waals surface area contributed by atoms with Crippen molar-refractivity contribution in [2.75, 3.05) is 33.0 Å². The highest BCUT2D eigenvalue weighted by Crippen LogP contribution is 2.23. The number of rotatable bonds is 12. The van der Waals surface area contributed by atoms with E-state index in [0.29, 0.717) is 57.5 Å². The van der Waals surface area contributed by atoms with Crippen molar-refractivity contribution in [3.8, 4) is 12.3 Å². The van der Waals surface area contributed by atoms with Gasteiger partial charge >= 0.3 is 0 Å². The molecule has 2 aromatic carbocycles. The van der Waals surface area contributed by atoms with Crippen LogP contribution in [0, 0.1) is 18.2 Å². The van der Waals surface area contributed by atoms with Gasteiger partial charge < -0.3 is 19.4 Å². The standard InChI is InChI=1S/C24H26ClFN2O2/c1-2-3-11-29-13-14-30-12-9-27-17-20-15-22(26)16-24-23(20)8-10-28(24)18-19-4-6-21(25)7-5-19/h1,4-8,10,15-16,27H,3,9,11-14,17-18H2. The summed E-state index contributed by atoms with van der Waals surface area (Å²) < 4.78 is 27.1. The van der Waals surface area contributed by atoms with Gasteiger partial charge in [0.15, 0.2) is 0 Å². The van der Waals surface area contributed by atoms with E-state index in [2.05, 4.69) is 15.8 Å². The van der Waals surface area contributed by atoms with Crippen LogP contribution in [0.1, 0.15) is 17.5 Å². The van der Waals surface area contributed by atoms with E-state index in [0.717, 1.165) is 22.0 Å². The molecule has 1 N–H and O–H groups in total. The molecule has 158 valence electrons. The van der Waals surface area contributed by atoms with Gasteiger partial charge in [0, 0.05) is 42.7 Å². The Morgan fingerprint density at radius 3 is 2.57 bits per heavy atom. The number of hydrogen-bond donors (Lipinski definition) is 1. The van der Waals surface area contributed by atoms with Crippen LogP contribution < -0.4 is 5.32 Å². The zero-order valence-corrected chi connectivity index (χ0v) is 17.6. The zero-order valence-electron chi connectivity index (χ0n) is 16.9. The minimum Gasteiger partial charge on any atom is -0.378 e. The van der Waals surface area contributed by atoms with Crippen LogP contribution >= 0.6 is 11.6 Å². The van der Waals surface area contributed by atoms with E-state index in [1.807, 2.05) is 36.5 Å². The molecule has 0 bridgehead atoms. The maximum atomic E-state index is 14.2. The van der Waals surface area contributed by atoms with Gasteiger partial charge in [-0.1, -0.05) is 23.7 Å². The van der Waals surface area contributed by atoms with E-state index >= 15 is 0 Å². The zero-order chi connectivity index (χ0) is 21.2. The van der Waals surface area contributed by atoms with Crippen LogP contribution in [0.25, 0.3) is 10.9 Å². The molecule has 0 atom stereocenters. The molecule has 0 spiro atoms. The molecule has 0 saturated heterocycles.